The van der Waals surface area contributed by atoms with Crippen LogP contribution in [0, 0.1) is 0 Å². The first kappa shape index (κ1) is 24.8. The first-order valence-corrected chi connectivity index (χ1v) is 12.3. The second-order valence-corrected chi connectivity index (χ2v) is 10.00. The minimum atomic E-state index is -0.483. The Bertz CT molecular complexity index is 1130. The number of nitrogens with one attached hydrogen (secondary N) is 1. The monoisotopic (exact) mass is 542 g/mol. The number of ether oxygens (including phenoxy) is 2. The normalized spacial score (nSPS) is 14.1. The van der Waals surface area contributed by atoms with Gasteiger partial charge in [-0.1, -0.05) is 12.1 Å². The van der Waals surface area contributed by atoms with Crippen LogP contribution >= 0.6 is 15.9 Å². The minimum absolute atomic E-state index is 0.251. The third-order valence-corrected chi connectivity index (χ3v) is 5.92. The summed E-state index contributed by atoms with van der Waals surface area (Å²) in [6, 6.07) is 16.1. The summed E-state index contributed by atoms with van der Waals surface area (Å²) >= 11 is 3.39. The molecule has 0 spiro atoms. The van der Waals surface area contributed by atoms with Crippen LogP contribution in [0.25, 0.3) is 5.69 Å². The lowest BCUT2D eigenvalue weighted by atomic mass is 10.2. The third kappa shape index (κ3) is 6.45. The van der Waals surface area contributed by atoms with Gasteiger partial charge in [0.1, 0.15) is 11.4 Å². The van der Waals surface area contributed by atoms with Gasteiger partial charge in [0.25, 0.3) is 0 Å². The fraction of sp³-hybridized carbons (Fsp3) is 0.400. The van der Waals surface area contributed by atoms with Gasteiger partial charge in [0.05, 0.1) is 12.8 Å². The van der Waals surface area contributed by atoms with E-state index in [0.717, 1.165) is 35.8 Å². The van der Waals surface area contributed by atoms with E-state index < -0.39 is 5.60 Å². The fourth-order valence-corrected chi connectivity index (χ4v) is 4.11. The van der Waals surface area contributed by atoms with Crippen LogP contribution < -0.4 is 15.0 Å². The Morgan fingerprint density at radius 1 is 1.00 bits per heavy atom. The van der Waals surface area contributed by atoms with E-state index in [0.29, 0.717) is 30.3 Å². The molecule has 0 atom stereocenters. The maximum atomic E-state index is 12.3. The molecule has 3 aromatic rings. The Morgan fingerprint density at radius 3 is 2.23 bits per heavy atom. The van der Waals surface area contributed by atoms with E-state index >= 15 is 0 Å². The molecular weight excluding hydrogens is 512 g/mol. The highest BCUT2D eigenvalue weighted by Gasteiger charge is 2.26. The van der Waals surface area contributed by atoms with Crippen molar-refractivity contribution in [2.75, 3.05) is 43.5 Å². The number of aromatic nitrogens is 3. The molecule has 186 valence electrons. The highest BCUT2D eigenvalue weighted by atomic mass is 79.9. The molecule has 1 N–H and O–H groups in total. The molecule has 0 saturated carbocycles. The Kier molecular flexibility index (Phi) is 7.49. The van der Waals surface area contributed by atoms with E-state index in [1.807, 2.05) is 57.2 Å². The topological polar surface area (TPSA) is 84.8 Å². The first-order valence-electron chi connectivity index (χ1n) is 11.5. The summed E-state index contributed by atoms with van der Waals surface area (Å²) in [5.41, 5.74) is 2.63. The van der Waals surface area contributed by atoms with Crippen molar-refractivity contribution < 1.29 is 14.3 Å². The lowest BCUT2D eigenvalue weighted by Gasteiger charge is -2.36. The average molecular weight is 543 g/mol. The van der Waals surface area contributed by atoms with Gasteiger partial charge in [0, 0.05) is 38.4 Å². The van der Waals surface area contributed by atoms with E-state index in [-0.39, 0.29) is 6.09 Å². The highest BCUT2D eigenvalue weighted by molar-refractivity contribution is 9.10. The van der Waals surface area contributed by atoms with Gasteiger partial charge in [-0.2, -0.15) is 9.67 Å². The molecule has 9 nitrogen and oxygen atoms in total. The zero-order chi connectivity index (χ0) is 25.0. The molecule has 35 heavy (non-hydrogen) atoms. The predicted octanol–water partition coefficient (Wildman–Crippen LogP) is 4.71. The molecular formula is C25H31BrN6O3. The largest absolute Gasteiger partial charge is 0.497 e. The van der Waals surface area contributed by atoms with Gasteiger partial charge in [-0.3, -0.25) is 0 Å². The van der Waals surface area contributed by atoms with Crippen LogP contribution in [0.4, 0.5) is 16.4 Å². The van der Waals surface area contributed by atoms with E-state index in [2.05, 4.69) is 48.4 Å². The van der Waals surface area contributed by atoms with Crippen LogP contribution in [0.2, 0.25) is 0 Å². The highest BCUT2D eigenvalue weighted by Crippen LogP contribution is 2.23. The fourth-order valence-electron chi connectivity index (χ4n) is 3.78. The van der Waals surface area contributed by atoms with Gasteiger partial charge in [-0.25, -0.2) is 4.79 Å². The molecule has 4 rings (SSSR count). The number of piperazine rings is 1. The summed E-state index contributed by atoms with van der Waals surface area (Å²) < 4.78 is 13.0. The summed E-state index contributed by atoms with van der Waals surface area (Å²) in [6.45, 7) is 9.03. The number of hydrogen-bond donors (Lipinski definition) is 1. The van der Waals surface area contributed by atoms with Crippen molar-refractivity contribution >= 4 is 33.7 Å². The Morgan fingerprint density at radius 2 is 1.63 bits per heavy atom. The summed E-state index contributed by atoms with van der Waals surface area (Å²) in [4.78, 5) is 20.8. The molecule has 1 saturated heterocycles. The zero-order valence-corrected chi connectivity index (χ0v) is 22.1. The molecule has 2 aromatic carbocycles. The van der Waals surface area contributed by atoms with Crippen molar-refractivity contribution in [2.24, 2.45) is 0 Å². The second kappa shape index (κ2) is 10.6. The number of rotatable bonds is 6. The first-order chi connectivity index (χ1) is 16.7. The summed E-state index contributed by atoms with van der Waals surface area (Å²) in [5, 5.41) is 7.84. The van der Waals surface area contributed by atoms with Gasteiger partial charge in [0.2, 0.25) is 10.7 Å². The number of carbonyl (C=O) groups is 1. The molecule has 0 aliphatic carbocycles. The Balaban J connectivity index is 1.38. The number of methoxy groups -OCH3 is 1. The maximum Gasteiger partial charge on any atom is 0.410 e. The van der Waals surface area contributed by atoms with Crippen molar-refractivity contribution in [3.05, 3.63) is 58.8 Å². The van der Waals surface area contributed by atoms with E-state index in [1.165, 1.54) is 0 Å². The van der Waals surface area contributed by atoms with Crippen LogP contribution in [-0.2, 0) is 11.3 Å². The van der Waals surface area contributed by atoms with Gasteiger partial charge >= 0.3 is 6.09 Å². The summed E-state index contributed by atoms with van der Waals surface area (Å²) in [6.07, 6.45) is -0.251. The maximum absolute atomic E-state index is 12.3. The number of carbonyl (C=O) groups excluding carboxylic acids is 1. The Labute approximate surface area is 214 Å². The van der Waals surface area contributed by atoms with Crippen LogP contribution in [0.1, 0.15) is 26.3 Å². The van der Waals surface area contributed by atoms with Crippen molar-refractivity contribution in [1.82, 2.24) is 19.7 Å². The molecule has 1 aliphatic heterocycles. The lowest BCUT2D eigenvalue weighted by Crippen LogP contribution is -2.50. The van der Waals surface area contributed by atoms with Crippen LogP contribution in [0.5, 0.6) is 5.75 Å². The number of nitrogens with zero attached hydrogens (tertiary/aromatic N) is 5. The number of benzene rings is 2. The molecule has 2 heterocycles. The second-order valence-electron chi connectivity index (χ2n) is 9.29. The molecule has 0 bridgehead atoms. The van der Waals surface area contributed by atoms with Crippen molar-refractivity contribution in [1.29, 1.82) is 0 Å². The SMILES string of the molecule is COc1ccc(CNc2nc(Br)nn2-c2ccc(N3CCN(C(=O)OC(C)(C)C)CC3)cc2)cc1. The molecule has 1 fully saturated rings. The van der Waals surface area contributed by atoms with Gasteiger partial charge < -0.3 is 24.6 Å². The van der Waals surface area contributed by atoms with Crippen molar-refractivity contribution in [3.8, 4) is 11.4 Å². The van der Waals surface area contributed by atoms with Gasteiger partial charge in [-0.15, -0.1) is 5.10 Å². The smallest absolute Gasteiger partial charge is 0.410 e. The van der Waals surface area contributed by atoms with Crippen molar-refractivity contribution in [2.45, 2.75) is 32.9 Å². The molecule has 1 amide bonds. The standard InChI is InChI=1S/C25H31BrN6O3/c1-25(2,3)35-24(33)31-15-13-30(14-16-31)19-7-9-20(10-8-19)32-23(28-22(26)29-32)27-17-18-5-11-21(34-4)12-6-18/h5-12H,13-17H2,1-4H3,(H,27,28,29). The summed E-state index contributed by atoms with van der Waals surface area (Å²) in [7, 11) is 1.66. The minimum Gasteiger partial charge on any atom is -0.497 e. The van der Waals surface area contributed by atoms with E-state index in [4.69, 9.17) is 9.47 Å². The van der Waals surface area contributed by atoms with Gasteiger partial charge in [-0.05, 0) is 78.7 Å². The zero-order valence-electron chi connectivity index (χ0n) is 20.5. The number of anilines is 2. The van der Waals surface area contributed by atoms with E-state index in [9.17, 15) is 4.79 Å². The Hall–Kier alpha value is -3.27. The number of hydrogen-bond acceptors (Lipinski definition) is 7. The molecule has 10 heteroatoms. The molecule has 0 unspecified atom stereocenters. The number of halogens is 1. The summed E-state index contributed by atoms with van der Waals surface area (Å²) in [5.74, 6) is 1.47. The quantitative estimate of drug-likeness (QED) is 0.482. The third-order valence-electron chi connectivity index (χ3n) is 5.58. The van der Waals surface area contributed by atoms with Crippen LogP contribution in [0.3, 0.4) is 0 Å². The molecule has 1 aliphatic rings. The lowest BCUT2D eigenvalue weighted by molar-refractivity contribution is 0.0240. The molecule has 0 radical (unpaired) electrons. The van der Waals surface area contributed by atoms with Crippen LogP contribution in [-0.4, -0.2) is 64.6 Å². The van der Waals surface area contributed by atoms with E-state index in [1.54, 1.807) is 16.7 Å². The predicted molar refractivity (Wildman–Crippen MR) is 139 cm³/mol. The average Bonchev–Trinajstić information content (AvgIpc) is 3.22. The number of amides is 1. The molecule has 1 aromatic heterocycles. The van der Waals surface area contributed by atoms with Crippen molar-refractivity contribution in [3.63, 3.8) is 0 Å². The van der Waals surface area contributed by atoms with Gasteiger partial charge in [0.15, 0.2) is 0 Å². The van der Waals surface area contributed by atoms with Crippen LogP contribution in [0.15, 0.2) is 53.3 Å².